The summed E-state index contributed by atoms with van der Waals surface area (Å²) in [6.45, 7) is 3.22. The van der Waals surface area contributed by atoms with Crippen molar-refractivity contribution in [1.82, 2.24) is 5.16 Å². The number of methoxy groups -OCH3 is 1. The molecule has 2 N–H and O–H groups in total. The lowest BCUT2D eigenvalue weighted by Gasteiger charge is -2.13. The summed E-state index contributed by atoms with van der Waals surface area (Å²) < 4.78 is 39.2. The highest BCUT2D eigenvalue weighted by atomic mass is 35.5. The van der Waals surface area contributed by atoms with Crippen LogP contribution in [0, 0.1) is 0 Å². The first kappa shape index (κ1) is 21.7. The average Bonchev–Trinajstić information content (AvgIpc) is 3.11. The number of benzene rings is 2. The van der Waals surface area contributed by atoms with Gasteiger partial charge in [-0.15, -0.1) is 0 Å². The molecule has 1 heterocycles. The van der Waals surface area contributed by atoms with E-state index in [0.29, 0.717) is 34.0 Å². The number of carbonyl (C=O) groups excluding carboxylic acids is 1. The van der Waals surface area contributed by atoms with Crippen LogP contribution in [0.3, 0.4) is 0 Å². The van der Waals surface area contributed by atoms with E-state index in [0.717, 1.165) is 0 Å². The summed E-state index contributed by atoms with van der Waals surface area (Å²) in [5, 5.41) is 7.05. The van der Waals surface area contributed by atoms with E-state index in [1.807, 2.05) is 6.92 Å². The summed E-state index contributed by atoms with van der Waals surface area (Å²) in [5.74, 6) is -0.0184. The number of ether oxygens (including phenoxy) is 1. The van der Waals surface area contributed by atoms with Crippen LogP contribution < -0.4 is 14.8 Å². The van der Waals surface area contributed by atoms with Crippen LogP contribution in [0.2, 0.25) is 5.02 Å². The van der Waals surface area contributed by atoms with Crippen LogP contribution in [0.15, 0.2) is 51.9 Å². The number of anilines is 2. The first-order valence-electron chi connectivity index (χ1n) is 8.98. The van der Waals surface area contributed by atoms with Gasteiger partial charge in [-0.1, -0.05) is 29.7 Å². The number of aromatic nitrogens is 1. The Morgan fingerprint density at radius 3 is 2.50 bits per heavy atom. The summed E-state index contributed by atoms with van der Waals surface area (Å²) in [6, 6.07) is 10.9. The SMILES string of the molecule is CCc1noc(NC(C)=O)c1-c1ccc(OC)c(S(=O)(=O)Nc2ccc(Cl)cc2)c1. The summed E-state index contributed by atoms with van der Waals surface area (Å²) in [4.78, 5) is 11.4. The molecule has 1 aromatic heterocycles. The van der Waals surface area contributed by atoms with Crippen LogP contribution in [0.4, 0.5) is 11.6 Å². The molecule has 0 bridgehead atoms. The molecule has 0 fully saturated rings. The zero-order valence-corrected chi connectivity index (χ0v) is 18.1. The maximum atomic E-state index is 13.1. The third-order valence-electron chi connectivity index (χ3n) is 4.23. The van der Waals surface area contributed by atoms with Gasteiger partial charge in [0.1, 0.15) is 10.6 Å². The largest absolute Gasteiger partial charge is 0.495 e. The van der Waals surface area contributed by atoms with Crippen LogP contribution in [-0.2, 0) is 21.2 Å². The molecule has 3 aromatic rings. The van der Waals surface area contributed by atoms with Crippen molar-refractivity contribution in [2.45, 2.75) is 25.2 Å². The minimum atomic E-state index is -3.99. The molecule has 2 aromatic carbocycles. The summed E-state index contributed by atoms with van der Waals surface area (Å²) >= 11 is 5.86. The third-order valence-corrected chi connectivity index (χ3v) is 5.88. The van der Waals surface area contributed by atoms with E-state index in [-0.39, 0.29) is 22.4 Å². The molecule has 1 amide bonds. The molecule has 30 heavy (non-hydrogen) atoms. The number of hydrogen-bond donors (Lipinski definition) is 2. The average molecular weight is 450 g/mol. The number of rotatable bonds is 7. The maximum Gasteiger partial charge on any atom is 0.265 e. The molecule has 0 spiro atoms. The summed E-state index contributed by atoms with van der Waals surface area (Å²) in [7, 11) is -2.61. The number of carbonyl (C=O) groups is 1. The Morgan fingerprint density at radius 1 is 1.20 bits per heavy atom. The Balaban J connectivity index is 2.09. The quantitative estimate of drug-likeness (QED) is 0.555. The normalized spacial score (nSPS) is 11.2. The molecule has 0 aliphatic carbocycles. The fraction of sp³-hybridized carbons (Fsp3) is 0.200. The van der Waals surface area contributed by atoms with Gasteiger partial charge in [0.05, 0.1) is 18.4 Å². The van der Waals surface area contributed by atoms with Gasteiger partial charge >= 0.3 is 0 Å². The zero-order valence-electron chi connectivity index (χ0n) is 16.5. The minimum Gasteiger partial charge on any atom is -0.495 e. The number of sulfonamides is 1. The molecule has 3 rings (SSSR count). The summed E-state index contributed by atoms with van der Waals surface area (Å²) in [5.41, 5.74) is 1.95. The van der Waals surface area contributed by atoms with Gasteiger partial charge in [-0.05, 0) is 48.4 Å². The maximum absolute atomic E-state index is 13.1. The number of nitrogens with zero attached hydrogens (tertiary/aromatic N) is 1. The van der Waals surface area contributed by atoms with Crippen molar-refractivity contribution >= 4 is 39.1 Å². The molecule has 0 atom stereocenters. The van der Waals surface area contributed by atoms with Crippen LogP contribution >= 0.6 is 11.6 Å². The van der Waals surface area contributed by atoms with Gasteiger partial charge in [0.2, 0.25) is 11.8 Å². The van der Waals surface area contributed by atoms with Crippen molar-refractivity contribution in [3.63, 3.8) is 0 Å². The molecule has 158 valence electrons. The van der Waals surface area contributed by atoms with E-state index in [2.05, 4.69) is 15.2 Å². The highest BCUT2D eigenvalue weighted by Gasteiger charge is 2.24. The first-order valence-corrected chi connectivity index (χ1v) is 10.8. The van der Waals surface area contributed by atoms with E-state index in [9.17, 15) is 13.2 Å². The second-order valence-electron chi connectivity index (χ2n) is 6.35. The number of hydrogen-bond acceptors (Lipinski definition) is 6. The second kappa shape index (κ2) is 8.76. The fourth-order valence-electron chi connectivity index (χ4n) is 2.88. The van der Waals surface area contributed by atoms with Gasteiger partial charge in [0.15, 0.2) is 0 Å². The number of nitrogens with one attached hydrogen (secondary N) is 2. The van der Waals surface area contributed by atoms with Gasteiger partial charge in [-0.2, -0.15) is 0 Å². The Labute approximate surface area is 179 Å². The van der Waals surface area contributed by atoms with Crippen LogP contribution in [0.25, 0.3) is 11.1 Å². The number of halogens is 1. The smallest absolute Gasteiger partial charge is 0.265 e. The highest BCUT2D eigenvalue weighted by molar-refractivity contribution is 7.92. The van der Waals surface area contributed by atoms with Crippen molar-refractivity contribution in [2.24, 2.45) is 0 Å². The first-order chi connectivity index (χ1) is 14.2. The Morgan fingerprint density at radius 2 is 1.90 bits per heavy atom. The lowest BCUT2D eigenvalue weighted by Crippen LogP contribution is -2.14. The molecule has 0 aliphatic rings. The lowest BCUT2D eigenvalue weighted by atomic mass is 10.0. The van der Waals surface area contributed by atoms with E-state index in [4.69, 9.17) is 20.9 Å². The molecule has 8 nitrogen and oxygen atoms in total. The van der Waals surface area contributed by atoms with Crippen molar-refractivity contribution in [1.29, 1.82) is 0 Å². The molecule has 0 radical (unpaired) electrons. The molecule has 10 heteroatoms. The fourth-order valence-corrected chi connectivity index (χ4v) is 4.26. The predicted octanol–water partition coefficient (Wildman–Crippen LogP) is 4.33. The van der Waals surface area contributed by atoms with Crippen molar-refractivity contribution in [3.05, 3.63) is 53.2 Å². The van der Waals surface area contributed by atoms with E-state index >= 15 is 0 Å². The lowest BCUT2D eigenvalue weighted by molar-refractivity contribution is -0.114. The third kappa shape index (κ3) is 4.58. The Kier molecular flexibility index (Phi) is 6.33. The molecular weight excluding hydrogens is 430 g/mol. The zero-order chi connectivity index (χ0) is 21.9. The van der Waals surface area contributed by atoms with Gasteiger partial charge in [0, 0.05) is 17.6 Å². The van der Waals surface area contributed by atoms with Gasteiger partial charge in [0.25, 0.3) is 10.0 Å². The van der Waals surface area contributed by atoms with Crippen LogP contribution in [0.1, 0.15) is 19.5 Å². The van der Waals surface area contributed by atoms with E-state index in [1.54, 1.807) is 30.3 Å². The molecular formula is C20H20ClN3O5S. The van der Waals surface area contributed by atoms with Gasteiger partial charge in [-0.25, -0.2) is 8.42 Å². The van der Waals surface area contributed by atoms with Crippen LogP contribution in [0.5, 0.6) is 5.75 Å². The Bertz CT molecular complexity index is 1170. The molecule has 0 saturated heterocycles. The minimum absolute atomic E-state index is 0.0746. The number of amides is 1. The van der Waals surface area contributed by atoms with Gasteiger partial charge in [-0.3, -0.25) is 14.8 Å². The molecule has 0 saturated carbocycles. The summed E-state index contributed by atoms with van der Waals surface area (Å²) in [6.07, 6.45) is 0.523. The van der Waals surface area contributed by atoms with E-state index in [1.165, 1.54) is 26.2 Å². The number of aryl methyl sites for hydroxylation is 1. The standard InChI is InChI=1S/C20H20ClN3O5S/c1-4-16-19(20(29-23-16)22-12(2)25)13-5-10-17(28-3)18(11-13)30(26,27)24-15-8-6-14(21)7-9-15/h5-11,24H,4H2,1-3H3,(H,22,25). The highest BCUT2D eigenvalue weighted by Crippen LogP contribution is 2.36. The van der Waals surface area contributed by atoms with Crippen LogP contribution in [-0.4, -0.2) is 26.6 Å². The van der Waals surface area contributed by atoms with Gasteiger partial charge < -0.3 is 9.26 Å². The monoisotopic (exact) mass is 449 g/mol. The second-order valence-corrected chi connectivity index (χ2v) is 8.43. The topological polar surface area (TPSA) is 111 Å². The van der Waals surface area contributed by atoms with E-state index < -0.39 is 10.0 Å². The predicted molar refractivity (Wildman–Crippen MR) is 114 cm³/mol. The Hall–Kier alpha value is -3.04. The van der Waals surface area contributed by atoms with Crippen molar-refractivity contribution < 1.29 is 22.5 Å². The van der Waals surface area contributed by atoms with Crippen molar-refractivity contribution in [3.8, 4) is 16.9 Å². The molecule has 0 aliphatic heterocycles. The molecule has 0 unspecified atom stereocenters. The van der Waals surface area contributed by atoms with Crippen molar-refractivity contribution in [2.75, 3.05) is 17.1 Å².